The van der Waals surface area contributed by atoms with Crippen LogP contribution in [0.5, 0.6) is 0 Å². The van der Waals surface area contributed by atoms with Crippen LogP contribution in [0, 0.1) is 18.8 Å². The number of ether oxygens (including phenoxy) is 2. The minimum Gasteiger partial charge on any atom is -0.455 e. The van der Waals surface area contributed by atoms with Gasteiger partial charge in [0.2, 0.25) is 11.8 Å². The Bertz CT molecular complexity index is 1900. The molecular weight excluding hydrogens is 682 g/mol. The summed E-state index contributed by atoms with van der Waals surface area (Å²) in [6, 6.07) is 20.8. The molecule has 270 valence electrons. The first kappa shape index (κ1) is 35.6. The van der Waals surface area contributed by atoms with Gasteiger partial charge in [0.25, 0.3) is 5.91 Å². The number of carbonyl (C=O) groups is 4. The predicted molar refractivity (Wildman–Crippen MR) is 195 cm³/mol. The van der Waals surface area contributed by atoms with Crippen LogP contribution in [0.1, 0.15) is 48.6 Å². The van der Waals surface area contributed by atoms with Gasteiger partial charge in [0.1, 0.15) is 23.7 Å². The number of para-hydroxylation sites is 1. The number of halogens is 1. The van der Waals surface area contributed by atoms with Crippen LogP contribution in [0.2, 0.25) is 5.02 Å². The fourth-order valence-electron chi connectivity index (χ4n) is 8.33. The van der Waals surface area contributed by atoms with E-state index in [-0.39, 0.29) is 18.9 Å². The fourth-order valence-corrected chi connectivity index (χ4v) is 8.65. The maximum atomic E-state index is 15.4. The first-order valence-electron chi connectivity index (χ1n) is 17.7. The van der Waals surface area contributed by atoms with Gasteiger partial charge in [0, 0.05) is 20.0 Å². The molecule has 4 heterocycles. The van der Waals surface area contributed by atoms with Crippen molar-refractivity contribution in [3.8, 4) is 0 Å². The third-order valence-electron chi connectivity index (χ3n) is 11.0. The number of esters is 1. The van der Waals surface area contributed by atoms with Crippen LogP contribution in [0.3, 0.4) is 0 Å². The Labute approximate surface area is 308 Å². The SMILES string of the molecule is Cc1cccc(Cl)c1N1C/C=C\CCC(=O)N(C)[C@@H](C)[C@H](c2ccccc2)OC(=O)[C@@H]2[C@H]3C(=O)N([C@H](CO)c4ccccc4)[C@H](C1=O)[C@]31C=C[C@H]2O1. The number of benzene rings is 3. The molecule has 7 rings (SSSR count). The lowest BCUT2D eigenvalue weighted by Gasteiger charge is -2.39. The number of hydrogen-bond acceptors (Lipinski definition) is 7. The molecule has 0 radical (unpaired) electrons. The highest BCUT2D eigenvalue weighted by atomic mass is 35.5. The second-order valence-corrected chi connectivity index (χ2v) is 14.3. The molecule has 3 amide bonds. The van der Waals surface area contributed by atoms with E-state index in [4.69, 9.17) is 21.1 Å². The van der Waals surface area contributed by atoms with Crippen molar-refractivity contribution in [3.05, 3.63) is 125 Å². The first-order valence-corrected chi connectivity index (χ1v) is 18.0. The van der Waals surface area contributed by atoms with Gasteiger partial charge in [0.15, 0.2) is 0 Å². The molecule has 52 heavy (non-hydrogen) atoms. The summed E-state index contributed by atoms with van der Waals surface area (Å²) in [4.78, 5) is 62.9. The van der Waals surface area contributed by atoms with E-state index in [2.05, 4.69) is 0 Å². The van der Waals surface area contributed by atoms with Crippen molar-refractivity contribution in [2.45, 2.75) is 62.6 Å². The quantitative estimate of drug-likeness (QED) is 0.279. The van der Waals surface area contributed by atoms with E-state index in [0.29, 0.717) is 28.3 Å². The van der Waals surface area contributed by atoms with Gasteiger partial charge in [-0.3, -0.25) is 19.2 Å². The Morgan fingerprint density at radius 3 is 2.35 bits per heavy atom. The highest BCUT2D eigenvalue weighted by Crippen LogP contribution is 2.57. The van der Waals surface area contributed by atoms with Crippen molar-refractivity contribution < 1.29 is 33.8 Å². The zero-order valence-corrected chi connectivity index (χ0v) is 30.1. The topological polar surface area (TPSA) is 117 Å². The number of nitrogens with zero attached hydrogens (tertiary/aromatic N) is 3. The standard InChI is InChI=1S/C41H42ClN3O7/c1-25-14-13-19-29(42)35(25)44-23-12-6-11-20-32(47)43(3)26(2)36(28-17-9-5-10-18-28)51-40(50)33-31-21-22-41(52-31)34(33)38(48)45(37(41)39(44)49)30(24-46)27-15-7-4-8-16-27/h4-10,12-19,21-22,26,30-31,33-34,36-37,46H,11,20,23-24H2,1-3H3/b12-6-/t26-,30+,31+,33-,34-,36+,37+,41-/m0/s1. The summed E-state index contributed by atoms with van der Waals surface area (Å²) in [5, 5.41) is 11.3. The van der Waals surface area contributed by atoms with E-state index in [1.165, 1.54) is 9.80 Å². The van der Waals surface area contributed by atoms with Crippen molar-refractivity contribution in [2.24, 2.45) is 11.8 Å². The van der Waals surface area contributed by atoms with E-state index in [1.54, 1.807) is 60.5 Å². The Balaban J connectivity index is 1.40. The summed E-state index contributed by atoms with van der Waals surface area (Å²) >= 11 is 6.80. The molecule has 8 atom stereocenters. The number of likely N-dealkylation sites (tertiary alicyclic amines) is 1. The van der Waals surface area contributed by atoms with Crippen molar-refractivity contribution in [1.82, 2.24) is 9.80 Å². The molecule has 1 spiro atoms. The van der Waals surface area contributed by atoms with Crippen molar-refractivity contribution in [2.75, 3.05) is 25.1 Å². The predicted octanol–water partition coefficient (Wildman–Crippen LogP) is 5.35. The van der Waals surface area contributed by atoms with E-state index in [0.717, 1.165) is 5.56 Å². The van der Waals surface area contributed by atoms with Crippen molar-refractivity contribution >= 4 is 41.0 Å². The van der Waals surface area contributed by atoms with E-state index in [9.17, 15) is 14.7 Å². The molecule has 10 nitrogen and oxygen atoms in total. The number of anilines is 1. The van der Waals surface area contributed by atoms with Crippen LogP contribution in [0.25, 0.3) is 0 Å². The Kier molecular flexibility index (Phi) is 9.82. The summed E-state index contributed by atoms with van der Waals surface area (Å²) < 4.78 is 13.0. The second-order valence-electron chi connectivity index (χ2n) is 13.9. The van der Waals surface area contributed by atoms with E-state index in [1.807, 2.05) is 68.5 Å². The zero-order chi connectivity index (χ0) is 36.7. The van der Waals surface area contributed by atoms with Gasteiger partial charge in [-0.2, -0.15) is 0 Å². The molecule has 0 aromatic heterocycles. The average Bonchev–Trinajstić information content (AvgIpc) is 3.80. The number of allylic oxidation sites excluding steroid dienone is 1. The lowest BCUT2D eigenvalue weighted by atomic mass is 9.74. The number of aliphatic hydroxyl groups excluding tert-OH is 1. The summed E-state index contributed by atoms with van der Waals surface area (Å²) in [6.45, 7) is 3.27. The third kappa shape index (κ3) is 5.92. The van der Waals surface area contributed by atoms with Gasteiger partial charge >= 0.3 is 5.97 Å². The van der Waals surface area contributed by atoms with Crippen LogP contribution < -0.4 is 4.90 Å². The number of amides is 3. The van der Waals surface area contributed by atoms with Crippen LogP contribution in [-0.4, -0.2) is 82.6 Å². The normalized spacial score (nSPS) is 30.4. The number of cyclic esters (lactones) is 1. The Morgan fingerprint density at radius 1 is 0.942 bits per heavy atom. The van der Waals surface area contributed by atoms with Gasteiger partial charge in [-0.1, -0.05) is 109 Å². The molecule has 11 heteroatoms. The third-order valence-corrected chi connectivity index (χ3v) is 11.3. The highest BCUT2D eigenvalue weighted by molar-refractivity contribution is 6.34. The minimum atomic E-state index is -1.55. The molecule has 0 aliphatic carbocycles. The van der Waals surface area contributed by atoms with Crippen LogP contribution in [0.15, 0.2) is 103 Å². The molecule has 3 aromatic carbocycles. The molecule has 4 aliphatic heterocycles. The number of hydrogen-bond donors (Lipinski definition) is 1. The monoisotopic (exact) mass is 723 g/mol. The van der Waals surface area contributed by atoms with Crippen molar-refractivity contribution in [3.63, 3.8) is 0 Å². The van der Waals surface area contributed by atoms with Gasteiger partial charge in [-0.15, -0.1) is 0 Å². The molecule has 2 fully saturated rings. The van der Waals surface area contributed by atoms with Crippen LogP contribution in [0.4, 0.5) is 5.69 Å². The van der Waals surface area contributed by atoms with E-state index >= 15 is 9.59 Å². The molecule has 2 saturated heterocycles. The van der Waals surface area contributed by atoms with Gasteiger partial charge in [-0.05, 0) is 43.0 Å². The molecule has 1 N–H and O–H groups in total. The molecule has 4 aliphatic rings. The molecule has 0 saturated carbocycles. The molecule has 3 aromatic rings. The smallest absolute Gasteiger partial charge is 0.313 e. The number of rotatable bonds is 5. The van der Waals surface area contributed by atoms with Gasteiger partial charge in [-0.25, -0.2) is 0 Å². The number of aliphatic hydroxyl groups is 1. The Hall–Kier alpha value is -4.77. The minimum absolute atomic E-state index is 0.0763. The summed E-state index contributed by atoms with van der Waals surface area (Å²) in [6.07, 6.45) is 6.02. The fraction of sp³-hybridized carbons (Fsp3) is 0.366. The van der Waals surface area contributed by atoms with Crippen LogP contribution in [-0.2, 0) is 28.7 Å². The maximum absolute atomic E-state index is 15.4. The zero-order valence-electron chi connectivity index (χ0n) is 29.3. The van der Waals surface area contributed by atoms with Gasteiger partial charge < -0.3 is 29.3 Å². The Morgan fingerprint density at radius 2 is 1.65 bits per heavy atom. The number of likely N-dealkylation sites (N-methyl/N-ethyl adjacent to an activating group) is 1. The summed E-state index contributed by atoms with van der Waals surface area (Å²) in [5.74, 6) is -4.03. The largest absolute Gasteiger partial charge is 0.455 e. The van der Waals surface area contributed by atoms with Gasteiger partial charge in [0.05, 0.1) is 41.4 Å². The van der Waals surface area contributed by atoms with E-state index < -0.39 is 72.2 Å². The lowest BCUT2D eigenvalue weighted by molar-refractivity contribution is -0.164. The number of aryl methyl sites for hydroxylation is 1. The number of carbonyl (C=O) groups excluding carboxylic acids is 4. The summed E-state index contributed by atoms with van der Waals surface area (Å²) in [5.41, 5.74) is 0.970. The number of fused-ring (bicyclic) bond motifs is 2. The van der Waals surface area contributed by atoms with Crippen LogP contribution >= 0.6 is 11.6 Å². The molecule has 5 bridgehead atoms. The van der Waals surface area contributed by atoms with Crippen molar-refractivity contribution in [1.29, 1.82) is 0 Å². The first-order chi connectivity index (χ1) is 25.1. The molecule has 0 unspecified atom stereocenters. The molecular formula is C41H42ClN3O7. The average molecular weight is 724 g/mol. The summed E-state index contributed by atoms with van der Waals surface area (Å²) in [7, 11) is 1.69. The maximum Gasteiger partial charge on any atom is 0.313 e. The lowest BCUT2D eigenvalue weighted by Crippen LogP contribution is -2.57. The second kappa shape index (κ2) is 14.3. The highest BCUT2D eigenvalue weighted by Gasteiger charge is 2.74.